The highest BCUT2D eigenvalue weighted by molar-refractivity contribution is 7.99. The van der Waals surface area contributed by atoms with Crippen LogP contribution in [0.25, 0.3) is 0 Å². The fourth-order valence-electron chi connectivity index (χ4n) is 1.79. The molecule has 2 aromatic heterocycles. The second kappa shape index (κ2) is 7.24. The van der Waals surface area contributed by atoms with E-state index in [4.69, 9.17) is 5.26 Å². The topological polar surface area (TPSA) is 83.6 Å². The molecule has 0 unspecified atom stereocenters. The zero-order valence-corrected chi connectivity index (χ0v) is 13.4. The van der Waals surface area contributed by atoms with Gasteiger partial charge in [0.25, 0.3) is 0 Å². The molecule has 110 valence electrons. The number of hydrogen-bond donors (Lipinski definition) is 1. The number of aromatic nitrogens is 3. The molecule has 0 atom stereocenters. The van der Waals surface area contributed by atoms with Gasteiger partial charge < -0.3 is 9.88 Å². The summed E-state index contributed by atoms with van der Waals surface area (Å²) in [6, 6.07) is 3.74. The maximum Gasteiger partial charge on any atom is 0.235 e. The molecule has 1 amide bonds. The molecule has 1 N–H and O–H groups in total. The molecule has 2 aromatic rings. The van der Waals surface area contributed by atoms with E-state index in [1.54, 1.807) is 11.4 Å². The SMILES string of the molecule is CCc1nnc(SCC(=O)Nc2sccc2C#N)n1CC. The van der Waals surface area contributed by atoms with Gasteiger partial charge >= 0.3 is 0 Å². The molecule has 0 saturated carbocycles. The van der Waals surface area contributed by atoms with Crippen LogP contribution in [-0.4, -0.2) is 26.4 Å². The van der Waals surface area contributed by atoms with Gasteiger partial charge in [-0.3, -0.25) is 4.79 Å². The molecular formula is C13H15N5OS2. The fourth-order valence-corrected chi connectivity index (χ4v) is 3.37. The summed E-state index contributed by atoms with van der Waals surface area (Å²) in [5.41, 5.74) is 0.489. The highest BCUT2D eigenvalue weighted by Gasteiger charge is 2.13. The van der Waals surface area contributed by atoms with Gasteiger partial charge in [0, 0.05) is 13.0 Å². The van der Waals surface area contributed by atoms with Crippen molar-refractivity contribution in [2.45, 2.75) is 32.0 Å². The third-order valence-corrected chi connectivity index (χ3v) is 4.59. The van der Waals surface area contributed by atoms with Gasteiger partial charge in [0.05, 0.1) is 11.3 Å². The minimum atomic E-state index is -0.150. The lowest BCUT2D eigenvalue weighted by Gasteiger charge is -2.06. The third-order valence-electron chi connectivity index (χ3n) is 2.80. The zero-order valence-electron chi connectivity index (χ0n) is 11.8. The molecule has 0 fully saturated rings. The number of anilines is 1. The summed E-state index contributed by atoms with van der Waals surface area (Å²) in [6.45, 7) is 4.83. The van der Waals surface area contributed by atoms with Crippen LogP contribution >= 0.6 is 23.1 Å². The molecule has 0 spiro atoms. The van der Waals surface area contributed by atoms with Crippen LogP contribution in [0.3, 0.4) is 0 Å². The lowest BCUT2D eigenvalue weighted by Crippen LogP contribution is -2.14. The van der Waals surface area contributed by atoms with Crippen molar-refractivity contribution in [3.05, 3.63) is 22.8 Å². The van der Waals surface area contributed by atoms with Crippen molar-refractivity contribution in [3.63, 3.8) is 0 Å². The van der Waals surface area contributed by atoms with E-state index in [2.05, 4.69) is 15.5 Å². The second-order valence-electron chi connectivity index (χ2n) is 4.11. The number of thiophene rings is 1. The number of carbonyl (C=O) groups is 1. The molecule has 21 heavy (non-hydrogen) atoms. The average molecular weight is 321 g/mol. The van der Waals surface area contributed by atoms with Crippen LogP contribution < -0.4 is 5.32 Å². The largest absolute Gasteiger partial charge is 0.316 e. The van der Waals surface area contributed by atoms with Crippen molar-refractivity contribution in [1.29, 1.82) is 5.26 Å². The quantitative estimate of drug-likeness (QED) is 0.827. The van der Waals surface area contributed by atoms with Crippen LogP contribution in [0.5, 0.6) is 0 Å². The Labute approximate surface area is 131 Å². The van der Waals surface area contributed by atoms with Crippen LogP contribution in [0, 0.1) is 11.3 Å². The van der Waals surface area contributed by atoms with Gasteiger partial charge in [-0.2, -0.15) is 5.26 Å². The molecule has 0 aliphatic heterocycles. The second-order valence-corrected chi connectivity index (χ2v) is 5.97. The van der Waals surface area contributed by atoms with Crippen molar-refractivity contribution >= 4 is 34.0 Å². The minimum Gasteiger partial charge on any atom is -0.316 e. The van der Waals surface area contributed by atoms with E-state index in [-0.39, 0.29) is 11.7 Å². The van der Waals surface area contributed by atoms with E-state index < -0.39 is 0 Å². The van der Waals surface area contributed by atoms with Gasteiger partial charge in [0.2, 0.25) is 5.91 Å². The Balaban J connectivity index is 1.96. The summed E-state index contributed by atoms with van der Waals surface area (Å²) in [5.74, 6) is 1.01. The lowest BCUT2D eigenvalue weighted by atomic mass is 10.3. The number of aryl methyl sites for hydroxylation is 1. The van der Waals surface area contributed by atoms with Gasteiger partial charge in [-0.15, -0.1) is 21.5 Å². The van der Waals surface area contributed by atoms with Gasteiger partial charge in [-0.05, 0) is 18.4 Å². The molecule has 0 aliphatic carbocycles. The number of nitriles is 1. The first-order valence-electron chi connectivity index (χ1n) is 6.51. The first-order chi connectivity index (χ1) is 10.2. The molecule has 2 heterocycles. The van der Waals surface area contributed by atoms with Crippen molar-refractivity contribution < 1.29 is 4.79 Å². The standard InChI is InChI=1S/C13H15N5OS2/c1-3-10-16-17-13(18(10)4-2)21-8-11(19)15-12-9(7-14)5-6-20-12/h5-6H,3-4,8H2,1-2H3,(H,15,19). The Bertz CT molecular complexity index is 670. The molecular weight excluding hydrogens is 306 g/mol. The van der Waals surface area contributed by atoms with E-state index in [1.807, 2.05) is 24.5 Å². The summed E-state index contributed by atoms with van der Waals surface area (Å²) in [7, 11) is 0. The van der Waals surface area contributed by atoms with E-state index in [1.165, 1.54) is 23.1 Å². The average Bonchev–Trinajstić information content (AvgIpc) is 3.10. The van der Waals surface area contributed by atoms with Gasteiger partial charge in [0.1, 0.15) is 16.9 Å². The van der Waals surface area contributed by atoms with Crippen molar-refractivity contribution in [1.82, 2.24) is 14.8 Å². The Morgan fingerprint density at radius 3 is 3.00 bits per heavy atom. The van der Waals surface area contributed by atoms with Crippen molar-refractivity contribution in [3.8, 4) is 6.07 Å². The Kier molecular flexibility index (Phi) is 5.36. The number of nitrogens with zero attached hydrogens (tertiary/aromatic N) is 4. The molecule has 0 radical (unpaired) electrons. The zero-order chi connectivity index (χ0) is 15.2. The number of thioether (sulfide) groups is 1. The summed E-state index contributed by atoms with van der Waals surface area (Å²) < 4.78 is 2.00. The minimum absolute atomic E-state index is 0.150. The maximum absolute atomic E-state index is 11.9. The summed E-state index contributed by atoms with van der Waals surface area (Å²) in [4.78, 5) is 11.9. The normalized spacial score (nSPS) is 10.3. The molecule has 8 heteroatoms. The first kappa shape index (κ1) is 15.5. The Morgan fingerprint density at radius 2 is 2.33 bits per heavy atom. The highest BCUT2D eigenvalue weighted by Crippen LogP contribution is 2.23. The van der Waals surface area contributed by atoms with Crippen LogP contribution in [0.1, 0.15) is 25.2 Å². The highest BCUT2D eigenvalue weighted by atomic mass is 32.2. The van der Waals surface area contributed by atoms with E-state index >= 15 is 0 Å². The molecule has 0 bridgehead atoms. The maximum atomic E-state index is 11.9. The molecule has 0 aromatic carbocycles. The first-order valence-corrected chi connectivity index (χ1v) is 8.38. The lowest BCUT2D eigenvalue weighted by molar-refractivity contribution is -0.113. The number of rotatable bonds is 6. The Hall–Kier alpha value is -1.85. The van der Waals surface area contributed by atoms with Gasteiger partial charge in [-0.1, -0.05) is 18.7 Å². The van der Waals surface area contributed by atoms with Gasteiger partial charge in [-0.25, -0.2) is 0 Å². The van der Waals surface area contributed by atoms with Crippen molar-refractivity contribution in [2.75, 3.05) is 11.1 Å². The predicted molar refractivity (Wildman–Crippen MR) is 83.5 cm³/mol. The van der Waals surface area contributed by atoms with Crippen LogP contribution in [0.4, 0.5) is 5.00 Å². The van der Waals surface area contributed by atoms with Crippen LogP contribution in [0.15, 0.2) is 16.6 Å². The van der Waals surface area contributed by atoms with Gasteiger partial charge in [0.15, 0.2) is 5.16 Å². The number of amides is 1. The van der Waals surface area contributed by atoms with Crippen LogP contribution in [-0.2, 0) is 17.8 Å². The van der Waals surface area contributed by atoms with E-state index in [9.17, 15) is 4.79 Å². The Morgan fingerprint density at radius 1 is 1.52 bits per heavy atom. The monoisotopic (exact) mass is 321 g/mol. The number of carbonyl (C=O) groups excluding carboxylic acids is 1. The third kappa shape index (κ3) is 3.62. The number of nitrogens with one attached hydrogen (secondary N) is 1. The summed E-state index contributed by atoms with van der Waals surface area (Å²) in [5, 5.41) is 23.0. The summed E-state index contributed by atoms with van der Waals surface area (Å²) in [6.07, 6.45) is 0.814. The molecule has 6 nitrogen and oxygen atoms in total. The summed E-state index contributed by atoms with van der Waals surface area (Å²) >= 11 is 2.69. The fraction of sp³-hybridized carbons (Fsp3) is 0.385. The van der Waals surface area contributed by atoms with E-state index in [0.29, 0.717) is 10.6 Å². The smallest absolute Gasteiger partial charge is 0.235 e. The molecule has 2 rings (SSSR count). The van der Waals surface area contributed by atoms with Crippen LogP contribution in [0.2, 0.25) is 0 Å². The van der Waals surface area contributed by atoms with E-state index in [0.717, 1.165) is 23.9 Å². The predicted octanol–water partition coefficient (Wildman–Crippen LogP) is 2.52. The van der Waals surface area contributed by atoms with Crippen molar-refractivity contribution in [2.24, 2.45) is 0 Å². The molecule has 0 saturated heterocycles. The molecule has 0 aliphatic rings. The number of hydrogen-bond acceptors (Lipinski definition) is 6.